The molecule has 2 nitrogen and oxygen atoms in total. The van der Waals surface area contributed by atoms with Crippen molar-refractivity contribution in [3.05, 3.63) is 29.8 Å². The number of hydrogen-bond donors (Lipinski definition) is 1. The zero-order valence-corrected chi connectivity index (χ0v) is 12.8. The molecule has 2 rings (SSSR count). The van der Waals surface area contributed by atoms with E-state index in [2.05, 4.69) is 29.8 Å². The van der Waals surface area contributed by atoms with Gasteiger partial charge in [0, 0.05) is 6.04 Å². The zero-order valence-electron chi connectivity index (χ0n) is 12.0. The van der Waals surface area contributed by atoms with Crippen LogP contribution in [-0.4, -0.2) is 31.7 Å². The van der Waals surface area contributed by atoms with Gasteiger partial charge in [0.2, 0.25) is 0 Å². The Balaban J connectivity index is 1.92. The minimum absolute atomic E-state index is 0.712. The highest BCUT2D eigenvalue weighted by Crippen LogP contribution is 2.24. The van der Waals surface area contributed by atoms with Gasteiger partial charge in [-0.1, -0.05) is 18.2 Å². The fourth-order valence-electron chi connectivity index (χ4n) is 2.36. The van der Waals surface area contributed by atoms with E-state index in [1.54, 1.807) is 7.11 Å². The second-order valence-electron chi connectivity index (χ2n) is 5.35. The van der Waals surface area contributed by atoms with E-state index in [-0.39, 0.29) is 0 Å². The van der Waals surface area contributed by atoms with Crippen LogP contribution in [0, 0.1) is 5.92 Å². The molecule has 1 aromatic rings. The molecule has 1 fully saturated rings. The van der Waals surface area contributed by atoms with Crippen molar-refractivity contribution in [1.29, 1.82) is 0 Å². The normalized spacial score (nSPS) is 16.3. The third-order valence-corrected chi connectivity index (χ3v) is 4.35. The van der Waals surface area contributed by atoms with E-state index in [0.717, 1.165) is 24.8 Å². The van der Waals surface area contributed by atoms with Gasteiger partial charge >= 0.3 is 0 Å². The van der Waals surface area contributed by atoms with E-state index in [0.29, 0.717) is 5.92 Å². The van der Waals surface area contributed by atoms with Crippen molar-refractivity contribution in [3.63, 3.8) is 0 Å². The van der Waals surface area contributed by atoms with E-state index >= 15 is 0 Å². The summed E-state index contributed by atoms with van der Waals surface area (Å²) < 4.78 is 5.46. The monoisotopic (exact) mass is 279 g/mol. The molecule has 1 N–H and O–H groups in total. The van der Waals surface area contributed by atoms with Crippen LogP contribution in [0.5, 0.6) is 5.75 Å². The first-order valence-corrected chi connectivity index (χ1v) is 8.57. The minimum atomic E-state index is 0.712. The molecule has 0 heterocycles. The topological polar surface area (TPSA) is 21.3 Å². The smallest absolute Gasteiger partial charge is 0.122 e. The van der Waals surface area contributed by atoms with Gasteiger partial charge in [-0.3, -0.25) is 0 Å². The zero-order chi connectivity index (χ0) is 13.5. The largest absolute Gasteiger partial charge is 0.496 e. The molecule has 1 unspecified atom stereocenters. The minimum Gasteiger partial charge on any atom is -0.496 e. The van der Waals surface area contributed by atoms with Gasteiger partial charge in [-0.2, -0.15) is 11.8 Å². The van der Waals surface area contributed by atoms with Crippen molar-refractivity contribution in [1.82, 2.24) is 5.32 Å². The summed E-state index contributed by atoms with van der Waals surface area (Å²) >= 11 is 1.94. The Morgan fingerprint density at radius 3 is 2.84 bits per heavy atom. The maximum absolute atomic E-state index is 5.46. The summed E-state index contributed by atoms with van der Waals surface area (Å²) in [6.45, 7) is 1.14. The van der Waals surface area contributed by atoms with E-state index in [1.165, 1.54) is 30.6 Å². The van der Waals surface area contributed by atoms with Gasteiger partial charge in [-0.25, -0.2) is 0 Å². The molecule has 3 heteroatoms. The van der Waals surface area contributed by atoms with Crippen molar-refractivity contribution >= 4 is 11.8 Å². The van der Waals surface area contributed by atoms with Crippen LogP contribution in [0.4, 0.5) is 0 Å². The highest BCUT2D eigenvalue weighted by Gasteiger charge is 2.22. The second kappa shape index (κ2) is 7.81. The summed E-state index contributed by atoms with van der Waals surface area (Å²) in [5.41, 5.74) is 1.34. The van der Waals surface area contributed by atoms with Gasteiger partial charge in [-0.15, -0.1) is 0 Å². The molecule has 0 radical (unpaired) electrons. The van der Waals surface area contributed by atoms with Gasteiger partial charge in [0.1, 0.15) is 5.75 Å². The Bertz CT molecular complexity index is 379. The number of rotatable bonds is 9. The van der Waals surface area contributed by atoms with Crippen LogP contribution >= 0.6 is 11.8 Å². The predicted octanol–water partition coefficient (Wildman–Crippen LogP) is 3.36. The van der Waals surface area contributed by atoms with Gasteiger partial charge < -0.3 is 10.1 Å². The lowest BCUT2D eigenvalue weighted by Gasteiger charge is -2.18. The third-order valence-electron chi connectivity index (χ3n) is 3.70. The second-order valence-corrected chi connectivity index (χ2v) is 6.33. The molecule has 106 valence electrons. The molecule has 0 aliphatic heterocycles. The molecule has 0 amide bonds. The SMILES string of the molecule is COc1ccccc1CC(CCSC)CNC1CC1. The first kappa shape index (κ1) is 14.7. The molecule has 1 aliphatic rings. The predicted molar refractivity (Wildman–Crippen MR) is 84.2 cm³/mol. The van der Waals surface area contributed by atoms with E-state index in [1.807, 2.05) is 17.8 Å². The molecule has 1 aromatic carbocycles. The molecule has 0 spiro atoms. The van der Waals surface area contributed by atoms with Crippen LogP contribution in [0.2, 0.25) is 0 Å². The highest BCUT2D eigenvalue weighted by atomic mass is 32.2. The summed E-state index contributed by atoms with van der Waals surface area (Å²) in [5, 5.41) is 3.67. The van der Waals surface area contributed by atoms with Crippen LogP contribution < -0.4 is 10.1 Å². The Kier molecular flexibility index (Phi) is 6.05. The highest BCUT2D eigenvalue weighted by molar-refractivity contribution is 7.98. The fourth-order valence-corrected chi connectivity index (χ4v) is 2.93. The number of hydrogen-bond acceptors (Lipinski definition) is 3. The first-order chi connectivity index (χ1) is 9.33. The lowest BCUT2D eigenvalue weighted by atomic mass is 9.96. The van der Waals surface area contributed by atoms with Gasteiger partial charge in [-0.05, 0) is 61.8 Å². The van der Waals surface area contributed by atoms with Crippen molar-refractivity contribution in [2.45, 2.75) is 31.7 Å². The molecule has 19 heavy (non-hydrogen) atoms. The number of thioether (sulfide) groups is 1. The number of methoxy groups -OCH3 is 1. The average molecular weight is 279 g/mol. The number of benzene rings is 1. The Labute approximate surface area is 121 Å². The molecule has 1 aliphatic carbocycles. The fraction of sp³-hybridized carbons (Fsp3) is 0.625. The first-order valence-electron chi connectivity index (χ1n) is 7.17. The number of ether oxygens (including phenoxy) is 1. The lowest BCUT2D eigenvalue weighted by Crippen LogP contribution is -2.26. The molecule has 0 bridgehead atoms. The van der Waals surface area contributed by atoms with Crippen LogP contribution in [0.25, 0.3) is 0 Å². The summed E-state index contributed by atoms with van der Waals surface area (Å²) in [7, 11) is 1.76. The van der Waals surface area contributed by atoms with Crippen molar-refractivity contribution in [2.75, 3.05) is 25.7 Å². The van der Waals surface area contributed by atoms with Gasteiger partial charge in [0.15, 0.2) is 0 Å². The molecule has 0 saturated heterocycles. The van der Waals surface area contributed by atoms with Crippen LogP contribution in [-0.2, 0) is 6.42 Å². The van der Waals surface area contributed by atoms with Gasteiger partial charge in [0.25, 0.3) is 0 Å². The molecular weight excluding hydrogens is 254 g/mol. The van der Waals surface area contributed by atoms with Crippen molar-refractivity contribution < 1.29 is 4.74 Å². The van der Waals surface area contributed by atoms with Crippen molar-refractivity contribution in [3.8, 4) is 5.75 Å². The van der Waals surface area contributed by atoms with Crippen LogP contribution in [0.3, 0.4) is 0 Å². The molecular formula is C16H25NOS. The standard InChI is InChI=1S/C16H25NOS/c1-18-16-6-4-3-5-14(16)11-13(9-10-19-2)12-17-15-7-8-15/h3-6,13,15,17H,7-12H2,1-2H3. The Hall–Kier alpha value is -0.670. The number of para-hydroxylation sites is 1. The van der Waals surface area contributed by atoms with E-state index in [9.17, 15) is 0 Å². The maximum atomic E-state index is 5.46. The maximum Gasteiger partial charge on any atom is 0.122 e. The molecule has 0 aromatic heterocycles. The lowest BCUT2D eigenvalue weighted by molar-refractivity contribution is 0.399. The Morgan fingerprint density at radius 1 is 1.37 bits per heavy atom. The van der Waals surface area contributed by atoms with Crippen LogP contribution in [0.1, 0.15) is 24.8 Å². The van der Waals surface area contributed by atoms with E-state index < -0.39 is 0 Å². The Morgan fingerprint density at radius 2 is 2.16 bits per heavy atom. The van der Waals surface area contributed by atoms with E-state index in [4.69, 9.17) is 4.74 Å². The summed E-state index contributed by atoms with van der Waals surface area (Å²) in [6, 6.07) is 9.21. The summed E-state index contributed by atoms with van der Waals surface area (Å²) in [5.74, 6) is 2.99. The summed E-state index contributed by atoms with van der Waals surface area (Å²) in [6.07, 6.45) is 7.31. The van der Waals surface area contributed by atoms with Crippen molar-refractivity contribution in [2.24, 2.45) is 5.92 Å². The van der Waals surface area contributed by atoms with Crippen LogP contribution in [0.15, 0.2) is 24.3 Å². The number of nitrogens with one attached hydrogen (secondary N) is 1. The third kappa shape index (κ3) is 5.07. The quantitative estimate of drug-likeness (QED) is 0.749. The summed E-state index contributed by atoms with van der Waals surface area (Å²) in [4.78, 5) is 0. The van der Waals surface area contributed by atoms with Gasteiger partial charge in [0.05, 0.1) is 7.11 Å². The average Bonchev–Trinajstić information content (AvgIpc) is 3.26. The molecule has 1 atom stereocenters. The molecule has 1 saturated carbocycles.